The van der Waals surface area contributed by atoms with Gasteiger partial charge in [-0.15, -0.1) is 0 Å². The number of hydrogen-bond donors (Lipinski definition) is 2. The SMILES string of the molecule is O=C(OCc1ccccc1)C(CCCc1ccc(CP(=O)(O)Cc2ccccc2O)cc1)C(=O)OCc1ccccc1. The molecule has 0 aliphatic rings. The Bertz CT molecular complexity index is 1430. The first kappa shape index (κ1) is 30.8. The summed E-state index contributed by atoms with van der Waals surface area (Å²) in [5, 5.41) is 9.94. The van der Waals surface area contributed by atoms with E-state index in [9.17, 15) is 24.2 Å². The van der Waals surface area contributed by atoms with Gasteiger partial charge < -0.3 is 19.5 Å². The molecule has 1 atom stereocenters. The third-order valence-corrected chi connectivity index (χ3v) is 8.53. The molecule has 0 amide bonds. The van der Waals surface area contributed by atoms with Gasteiger partial charge in [0.25, 0.3) is 0 Å². The first-order chi connectivity index (χ1) is 20.3. The number of ether oxygens (including phenoxy) is 2. The van der Waals surface area contributed by atoms with E-state index in [1.54, 1.807) is 18.2 Å². The summed E-state index contributed by atoms with van der Waals surface area (Å²) in [6, 6.07) is 32.5. The second-order valence-corrected chi connectivity index (χ2v) is 12.6. The van der Waals surface area contributed by atoms with Gasteiger partial charge >= 0.3 is 11.9 Å². The number of phenolic OH excluding ortho intramolecular Hbond substituents is 1. The van der Waals surface area contributed by atoms with Crippen LogP contribution in [0.5, 0.6) is 5.75 Å². The van der Waals surface area contributed by atoms with Crippen LogP contribution in [0.4, 0.5) is 0 Å². The van der Waals surface area contributed by atoms with E-state index in [4.69, 9.17) is 9.47 Å². The van der Waals surface area contributed by atoms with Crippen LogP contribution in [0.1, 0.15) is 40.7 Å². The van der Waals surface area contributed by atoms with E-state index in [1.807, 2.05) is 84.9 Å². The molecule has 218 valence electrons. The van der Waals surface area contributed by atoms with Gasteiger partial charge in [0.05, 0.1) is 6.16 Å². The van der Waals surface area contributed by atoms with Crippen LogP contribution < -0.4 is 0 Å². The molecule has 7 nitrogen and oxygen atoms in total. The Morgan fingerprint density at radius 1 is 0.643 bits per heavy atom. The maximum atomic E-state index is 13.0. The predicted molar refractivity (Wildman–Crippen MR) is 161 cm³/mol. The minimum Gasteiger partial charge on any atom is -0.508 e. The van der Waals surface area contributed by atoms with Gasteiger partial charge in [0.1, 0.15) is 19.0 Å². The molecule has 0 aliphatic carbocycles. The van der Waals surface area contributed by atoms with Crippen LogP contribution in [0.25, 0.3) is 0 Å². The van der Waals surface area contributed by atoms with Crippen molar-refractivity contribution in [2.45, 2.75) is 44.8 Å². The topological polar surface area (TPSA) is 110 Å². The highest BCUT2D eigenvalue weighted by Gasteiger charge is 2.29. The van der Waals surface area contributed by atoms with Crippen molar-refractivity contribution in [3.8, 4) is 5.75 Å². The van der Waals surface area contributed by atoms with Crippen molar-refractivity contribution < 1.29 is 33.6 Å². The molecule has 0 spiro atoms. The lowest BCUT2D eigenvalue weighted by Gasteiger charge is -2.16. The van der Waals surface area contributed by atoms with Gasteiger partial charge in [0.2, 0.25) is 7.37 Å². The number of para-hydroxylation sites is 1. The van der Waals surface area contributed by atoms with Crippen LogP contribution in [0, 0.1) is 5.92 Å². The Hall–Kier alpha value is -4.19. The standard InChI is InChI=1S/C34H35O7P/c35-32-17-8-7-15-30(32)25-42(38,39)24-29-20-18-26(19-21-29)14-9-16-31(33(36)40-22-27-10-3-1-4-11-27)34(37)41-23-28-12-5-2-6-13-28/h1-8,10-13,15,17-21,31,35H,9,14,16,22-25H2,(H,38,39). The van der Waals surface area contributed by atoms with Crippen LogP contribution in [0.15, 0.2) is 109 Å². The number of rotatable bonds is 14. The molecule has 0 aliphatic heterocycles. The first-order valence-electron chi connectivity index (χ1n) is 13.9. The summed E-state index contributed by atoms with van der Waals surface area (Å²) in [6.45, 7) is 0.143. The van der Waals surface area contributed by atoms with E-state index < -0.39 is 25.2 Å². The molecule has 1 unspecified atom stereocenters. The fourth-order valence-corrected chi connectivity index (χ4v) is 6.26. The van der Waals surface area contributed by atoms with E-state index in [0.29, 0.717) is 24.0 Å². The second-order valence-electron chi connectivity index (χ2n) is 10.2. The van der Waals surface area contributed by atoms with E-state index in [0.717, 1.165) is 16.7 Å². The van der Waals surface area contributed by atoms with Gasteiger partial charge in [-0.1, -0.05) is 103 Å². The van der Waals surface area contributed by atoms with E-state index in [1.165, 1.54) is 6.07 Å². The van der Waals surface area contributed by atoms with E-state index in [2.05, 4.69) is 0 Å². The average Bonchev–Trinajstić information content (AvgIpc) is 2.99. The Morgan fingerprint density at radius 3 is 1.69 bits per heavy atom. The molecule has 42 heavy (non-hydrogen) atoms. The fourth-order valence-electron chi connectivity index (χ4n) is 4.56. The maximum Gasteiger partial charge on any atom is 0.320 e. The summed E-state index contributed by atoms with van der Waals surface area (Å²) in [4.78, 5) is 36.4. The molecule has 0 aromatic heterocycles. The number of esters is 2. The number of phenols is 1. The van der Waals surface area contributed by atoms with Crippen LogP contribution in [0.3, 0.4) is 0 Å². The summed E-state index contributed by atoms with van der Waals surface area (Å²) >= 11 is 0. The van der Waals surface area contributed by atoms with Gasteiger partial charge in [-0.3, -0.25) is 14.2 Å². The Labute approximate surface area is 246 Å². The molecule has 0 radical (unpaired) electrons. The summed E-state index contributed by atoms with van der Waals surface area (Å²) in [5.41, 5.74) is 3.79. The van der Waals surface area contributed by atoms with Crippen molar-refractivity contribution in [3.63, 3.8) is 0 Å². The lowest BCUT2D eigenvalue weighted by atomic mass is 9.99. The third kappa shape index (κ3) is 9.72. The Morgan fingerprint density at radius 2 is 1.14 bits per heavy atom. The van der Waals surface area contributed by atoms with Crippen molar-refractivity contribution >= 4 is 19.3 Å². The molecule has 0 bridgehead atoms. The monoisotopic (exact) mass is 586 g/mol. The van der Waals surface area contributed by atoms with Crippen LogP contribution in [-0.2, 0) is 55.6 Å². The van der Waals surface area contributed by atoms with E-state index >= 15 is 0 Å². The van der Waals surface area contributed by atoms with Crippen molar-refractivity contribution in [1.29, 1.82) is 0 Å². The minimum atomic E-state index is -3.56. The molecule has 0 saturated carbocycles. The summed E-state index contributed by atoms with van der Waals surface area (Å²) in [5.74, 6) is -2.27. The van der Waals surface area contributed by atoms with E-state index in [-0.39, 0.29) is 37.7 Å². The fraction of sp³-hybridized carbons (Fsp3) is 0.235. The molecule has 0 saturated heterocycles. The quantitative estimate of drug-likeness (QED) is 0.0951. The highest BCUT2D eigenvalue weighted by atomic mass is 31.2. The summed E-state index contributed by atoms with van der Waals surface area (Å²) < 4.78 is 23.8. The maximum absolute atomic E-state index is 13.0. The third-order valence-electron chi connectivity index (χ3n) is 6.84. The largest absolute Gasteiger partial charge is 0.508 e. The molecule has 0 heterocycles. The highest BCUT2D eigenvalue weighted by Crippen LogP contribution is 2.49. The number of carbonyl (C=O) groups is 2. The van der Waals surface area contributed by atoms with Gasteiger partial charge in [0.15, 0.2) is 5.92 Å². The second kappa shape index (κ2) is 15.2. The van der Waals surface area contributed by atoms with Crippen molar-refractivity contribution in [3.05, 3.63) is 137 Å². The zero-order valence-electron chi connectivity index (χ0n) is 23.3. The molecule has 4 aromatic rings. The number of hydrogen-bond acceptors (Lipinski definition) is 6. The number of benzene rings is 4. The molecule has 0 fully saturated rings. The van der Waals surface area contributed by atoms with Crippen molar-refractivity contribution in [2.24, 2.45) is 5.92 Å². The van der Waals surface area contributed by atoms with Crippen molar-refractivity contribution in [2.75, 3.05) is 0 Å². The summed E-state index contributed by atoms with van der Waals surface area (Å²) in [7, 11) is -3.56. The van der Waals surface area contributed by atoms with Crippen LogP contribution in [0.2, 0.25) is 0 Å². The van der Waals surface area contributed by atoms with Gasteiger partial charge in [-0.2, -0.15) is 0 Å². The predicted octanol–water partition coefficient (Wildman–Crippen LogP) is 6.79. The normalized spacial score (nSPS) is 12.4. The smallest absolute Gasteiger partial charge is 0.320 e. The van der Waals surface area contributed by atoms with Gasteiger partial charge in [-0.25, -0.2) is 0 Å². The zero-order chi connectivity index (χ0) is 29.8. The minimum absolute atomic E-state index is 0.00771. The average molecular weight is 587 g/mol. The van der Waals surface area contributed by atoms with Crippen LogP contribution in [-0.4, -0.2) is 21.9 Å². The molecular weight excluding hydrogens is 551 g/mol. The molecule has 4 rings (SSSR count). The first-order valence-corrected chi connectivity index (χ1v) is 15.9. The molecule has 8 heteroatoms. The van der Waals surface area contributed by atoms with Gasteiger partial charge in [-0.05, 0) is 47.6 Å². The number of carbonyl (C=O) groups excluding carboxylic acids is 2. The lowest BCUT2D eigenvalue weighted by molar-refractivity contribution is -0.164. The Kier molecular flexibility index (Phi) is 11.1. The lowest BCUT2D eigenvalue weighted by Crippen LogP contribution is -2.28. The molecule has 4 aromatic carbocycles. The molecular formula is C34H35O7P. The van der Waals surface area contributed by atoms with Crippen LogP contribution >= 0.6 is 7.37 Å². The summed E-state index contributed by atoms with van der Waals surface area (Å²) in [6.07, 6.45) is 1.28. The van der Waals surface area contributed by atoms with Gasteiger partial charge in [0, 0.05) is 11.7 Å². The zero-order valence-corrected chi connectivity index (χ0v) is 24.2. The number of aromatic hydroxyl groups is 1. The Balaban J connectivity index is 1.32. The highest BCUT2D eigenvalue weighted by molar-refractivity contribution is 7.56. The van der Waals surface area contributed by atoms with Crippen molar-refractivity contribution in [1.82, 2.24) is 0 Å². The number of aryl methyl sites for hydroxylation is 1. The molecule has 2 N–H and O–H groups in total.